The molecule has 1 atom stereocenters. The lowest BCUT2D eigenvalue weighted by Gasteiger charge is -2.35. The van der Waals surface area contributed by atoms with Crippen molar-refractivity contribution in [1.82, 2.24) is 14.7 Å². The summed E-state index contributed by atoms with van der Waals surface area (Å²) in [6.45, 7) is 1.19. The molecule has 4 amide bonds. The third kappa shape index (κ3) is 5.16. The van der Waals surface area contributed by atoms with Crippen molar-refractivity contribution in [3.8, 4) is 5.75 Å². The third-order valence-corrected chi connectivity index (χ3v) is 6.14. The van der Waals surface area contributed by atoms with E-state index in [2.05, 4.69) is 0 Å². The molecule has 2 heterocycles. The Kier molecular flexibility index (Phi) is 7.09. The fraction of sp³-hybridized carbons (Fsp3) is 0.320. The van der Waals surface area contributed by atoms with E-state index in [-0.39, 0.29) is 42.4 Å². The van der Waals surface area contributed by atoms with Crippen LogP contribution in [0.2, 0.25) is 0 Å². The van der Waals surface area contributed by atoms with Gasteiger partial charge in [-0.15, -0.1) is 0 Å². The van der Waals surface area contributed by atoms with Crippen LogP contribution in [0.3, 0.4) is 0 Å². The lowest BCUT2D eigenvalue weighted by molar-refractivity contribution is -0.143. The van der Waals surface area contributed by atoms with Crippen molar-refractivity contribution < 1.29 is 33.8 Å². The molecule has 182 valence electrons. The van der Waals surface area contributed by atoms with Crippen LogP contribution in [-0.2, 0) is 14.4 Å². The molecule has 0 aromatic heterocycles. The third-order valence-electron chi connectivity index (χ3n) is 6.14. The molecule has 10 nitrogen and oxygen atoms in total. The first-order chi connectivity index (χ1) is 16.9. The van der Waals surface area contributed by atoms with Gasteiger partial charge in [0.05, 0.1) is 11.1 Å². The van der Waals surface area contributed by atoms with Crippen molar-refractivity contribution >= 4 is 29.6 Å². The van der Waals surface area contributed by atoms with Gasteiger partial charge in [-0.25, -0.2) is 4.79 Å². The van der Waals surface area contributed by atoms with Gasteiger partial charge >= 0.3 is 5.97 Å². The summed E-state index contributed by atoms with van der Waals surface area (Å²) in [5.41, 5.74) is 0.319. The first kappa shape index (κ1) is 23.9. The van der Waals surface area contributed by atoms with Gasteiger partial charge in [0, 0.05) is 32.6 Å². The number of imide groups is 1. The molecule has 4 rings (SSSR count). The number of ether oxygens (including phenoxy) is 1. The second-order valence-corrected chi connectivity index (χ2v) is 8.28. The van der Waals surface area contributed by atoms with Crippen molar-refractivity contribution in [3.05, 3.63) is 65.7 Å². The summed E-state index contributed by atoms with van der Waals surface area (Å²) in [5, 5.41) is 9.67. The van der Waals surface area contributed by atoms with E-state index in [0.717, 1.165) is 4.90 Å². The Bertz CT molecular complexity index is 1110. The number of carboxylic acids is 1. The molecule has 1 fully saturated rings. The Labute approximate surface area is 201 Å². The molecule has 1 saturated heterocycles. The Morgan fingerprint density at radius 1 is 0.800 bits per heavy atom. The van der Waals surface area contributed by atoms with E-state index in [0.29, 0.717) is 31.9 Å². The predicted molar refractivity (Wildman–Crippen MR) is 123 cm³/mol. The molecule has 0 bridgehead atoms. The number of hydrogen-bond donors (Lipinski definition) is 1. The van der Waals surface area contributed by atoms with E-state index in [9.17, 15) is 29.1 Å². The lowest BCUT2D eigenvalue weighted by Crippen LogP contribution is -2.52. The van der Waals surface area contributed by atoms with Crippen molar-refractivity contribution in [1.29, 1.82) is 0 Å². The first-order valence-corrected chi connectivity index (χ1v) is 11.3. The zero-order valence-electron chi connectivity index (χ0n) is 19.0. The molecule has 0 unspecified atom stereocenters. The molecule has 1 N–H and O–H groups in total. The number of carboxylic acid groups (broad SMARTS) is 1. The molecule has 0 radical (unpaired) electrons. The molecule has 35 heavy (non-hydrogen) atoms. The van der Waals surface area contributed by atoms with Crippen LogP contribution in [-0.4, -0.2) is 88.2 Å². The van der Waals surface area contributed by atoms with Gasteiger partial charge in [0.2, 0.25) is 5.91 Å². The number of carbonyl (C=O) groups is 5. The number of nitrogens with zero attached hydrogens (tertiary/aromatic N) is 3. The summed E-state index contributed by atoms with van der Waals surface area (Å²) in [7, 11) is 0. The van der Waals surface area contributed by atoms with E-state index >= 15 is 0 Å². The van der Waals surface area contributed by atoms with Crippen LogP contribution in [0.25, 0.3) is 0 Å². The fourth-order valence-corrected chi connectivity index (χ4v) is 4.23. The number of hydrogen-bond acceptors (Lipinski definition) is 6. The SMILES string of the molecule is O=C(O)[C@H](CCC(=O)N1CCN(C(=O)COc2ccccc2)CC1)N1C(=O)c2ccccc2C1=O. The highest BCUT2D eigenvalue weighted by Crippen LogP contribution is 2.26. The van der Waals surface area contributed by atoms with Gasteiger partial charge < -0.3 is 19.6 Å². The van der Waals surface area contributed by atoms with Crippen molar-refractivity contribution in [2.24, 2.45) is 0 Å². The highest BCUT2D eigenvalue weighted by atomic mass is 16.5. The average molecular weight is 479 g/mol. The lowest BCUT2D eigenvalue weighted by atomic mass is 10.1. The highest BCUT2D eigenvalue weighted by Gasteiger charge is 2.42. The standard InChI is InChI=1S/C25H25N3O7/c29-21(26-12-14-27(15-13-26)22(30)16-35-17-6-2-1-3-7-17)11-10-20(25(33)34)28-23(31)18-8-4-5-9-19(18)24(28)32/h1-9,20H,10-16H2,(H,33,34)/t20-/m0/s1. The van der Waals surface area contributed by atoms with Crippen molar-refractivity contribution in [2.45, 2.75) is 18.9 Å². The molecular formula is C25H25N3O7. The highest BCUT2D eigenvalue weighted by molar-refractivity contribution is 6.22. The summed E-state index contributed by atoms with van der Waals surface area (Å²) in [5.74, 6) is -2.56. The summed E-state index contributed by atoms with van der Waals surface area (Å²) in [4.78, 5) is 66.2. The normalized spacial score (nSPS) is 16.2. The zero-order valence-corrected chi connectivity index (χ0v) is 19.0. The number of amides is 4. The summed E-state index contributed by atoms with van der Waals surface area (Å²) >= 11 is 0. The number of benzene rings is 2. The van der Waals surface area contributed by atoms with Crippen LogP contribution in [0.5, 0.6) is 5.75 Å². The Hall–Kier alpha value is -4.21. The summed E-state index contributed by atoms with van der Waals surface area (Å²) in [6, 6.07) is 13.7. The molecule has 2 aromatic rings. The number of fused-ring (bicyclic) bond motifs is 1. The van der Waals surface area contributed by atoms with E-state index in [4.69, 9.17) is 4.74 Å². The molecular weight excluding hydrogens is 454 g/mol. The summed E-state index contributed by atoms with van der Waals surface area (Å²) < 4.78 is 5.49. The monoisotopic (exact) mass is 479 g/mol. The molecule has 2 aromatic carbocycles. The molecule has 2 aliphatic heterocycles. The van der Waals surface area contributed by atoms with Crippen LogP contribution >= 0.6 is 0 Å². The van der Waals surface area contributed by atoms with Gasteiger partial charge in [-0.05, 0) is 30.7 Å². The zero-order chi connectivity index (χ0) is 24.9. The number of aliphatic carboxylic acids is 1. The molecule has 0 spiro atoms. The maximum Gasteiger partial charge on any atom is 0.326 e. The van der Waals surface area contributed by atoms with Gasteiger partial charge in [0.25, 0.3) is 17.7 Å². The average Bonchev–Trinajstić information content (AvgIpc) is 3.13. The topological polar surface area (TPSA) is 125 Å². The minimum Gasteiger partial charge on any atom is -0.484 e. The second kappa shape index (κ2) is 10.4. The van der Waals surface area contributed by atoms with Crippen LogP contribution in [0.4, 0.5) is 0 Å². The molecule has 0 saturated carbocycles. The Balaban J connectivity index is 1.27. The first-order valence-electron chi connectivity index (χ1n) is 11.3. The smallest absolute Gasteiger partial charge is 0.326 e. The van der Waals surface area contributed by atoms with E-state index in [1.807, 2.05) is 18.2 Å². The fourth-order valence-electron chi connectivity index (χ4n) is 4.23. The minimum atomic E-state index is -1.44. The predicted octanol–water partition coefficient (Wildman–Crippen LogP) is 1.27. The second-order valence-electron chi connectivity index (χ2n) is 8.28. The van der Waals surface area contributed by atoms with Crippen molar-refractivity contribution in [3.63, 3.8) is 0 Å². The van der Waals surface area contributed by atoms with Crippen LogP contribution < -0.4 is 4.74 Å². The van der Waals surface area contributed by atoms with Crippen molar-refractivity contribution in [2.75, 3.05) is 32.8 Å². The molecule has 2 aliphatic rings. The minimum absolute atomic E-state index is 0.0987. The van der Waals surface area contributed by atoms with Gasteiger partial charge in [-0.2, -0.15) is 0 Å². The van der Waals surface area contributed by atoms with E-state index in [1.54, 1.807) is 34.1 Å². The number of para-hydroxylation sites is 1. The van der Waals surface area contributed by atoms with Gasteiger partial charge in [-0.1, -0.05) is 30.3 Å². The van der Waals surface area contributed by atoms with Gasteiger partial charge in [0.1, 0.15) is 11.8 Å². The maximum absolute atomic E-state index is 12.7. The van der Waals surface area contributed by atoms with E-state index in [1.165, 1.54) is 12.1 Å². The van der Waals surface area contributed by atoms with Gasteiger partial charge in [-0.3, -0.25) is 24.1 Å². The Morgan fingerprint density at radius 3 is 1.86 bits per heavy atom. The summed E-state index contributed by atoms with van der Waals surface area (Å²) in [6.07, 6.45) is -0.334. The number of rotatable bonds is 8. The number of carbonyl (C=O) groups excluding carboxylic acids is 4. The van der Waals surface area contributed by atoms with Crippen LogP contribution in [0, 0.1) is 0 Å². The molecule has 10 heteroatoms. The van der Waals surface area contributed by atoms with E-state index < -0.39 is 23.8 Å². The largest absolute Gasteiger partial charge is 0.484 e. The number of piperazine rings is 1. The quantitative estimate of drug-likeness (QED) is 0.565. The van der Waals surface area contributed by atoms with Gasteiger partial charge in [0.15, 0.2) is 6.61 Å². The Morgan fingerprint density at radius 2 is 1.31 bits per heavy atom. The van der Waals surface area contributed by atoms with Crippen LogP contribution in [0.1, 0.15) is 33.6 Å². The molecule has 0 aliphatic carbocycles. The maximum atomic E-state index is 12.7. The van der Waals surface area contributed by atoms with Crippen LogP contribution in [0.15, 0.2) is 54.6 Å².